The molecule has 0 aromatic heterocycles. The Labute approximate surface area is 133 Å². The summed E-state index contributed by atoms with van der Waals surface area (Å²) < 4.78 is 44.9. The number of hydrogen-bond donors (Lipinski definition) is 2. The first-order valence-electron chi connectivity index (χ1n) is 6.56. The van der Waals surface area contributed by atoms with Gasteiger partial charge in [0.1, 0.15) is 10.7 Å². The molecule has 0 aliphatic heterocycles. The van der Waals surface area contributed by atoms with Crippen molar-refractivity contribution in [2.24, 2.45) is 0 Å². The van der Waals surface area contributed by atoms with Crippen molar-refractivity contribution < 1.29 is 22.3 Å². The van der Waals surface area contributed by atoms with E-state index in [0.717, 1.165) is 6.07 Å². The van der Waals surface area contributed by atoms with Gasteiger partial charge in [-0.25, -0.2) is 17.6 Å². The number of ether oxygens (including phenoxy) is 1. The molecule has 0 fully saturated rings. The fourth-order valence-corrected chi connectivity index (χ4v) is 3.04. The third kappa shape index (κ3) is 4.19. The van der Waals surface area contributed by atoms with Gasteiger partial charge in [0.2, 0.25) is 0 Å². The van der Waals surface area contributed by atoms with E-state index in [1.807, 2.05) is 0 Å². The molecule has 8 heteroatoms. The minimum atomic E-state index is -4.04. The van der Waals surface area contributed by atoms with Crippen molar-refractivity contribution in [2.75, 3.05) is 17.1 Å². The molecule has 6 nitrogen and oxygen atoms in total. The molecular formula is C15H15FN2O4S. The third-order valence-electron chi connectivity index (χ3n) is 2.95. The molecular weight excluding hydrogens is 323 g/mol. The Hall–Kier alpha value is -2.61. The molecule has 2 aromatic carbocycles. The van der Waals surface area contributed by atoms with Gasteiger partial charge in [-0.2, -0.15) is 0 Å². The van der Waals surface area contributed by atoms with Crippen LogP contribution in [0.5, 0.6) is 0 Å². The maximum Gasteiger partial charge on any atom is 0.411 e. The topological polar surface area (TPSA) is 84.5 Å². The van der Waals surface area contributed by atoms with Gasteiger partial charge < -0.3 is 4.74 Å². The maximum absolute atomic E-state index is 13.7. The number of amides is 1. The Morgan fingerprint density at radius 1 is 1.09 bits per heavy atom. The third-order valence-corrected chi connectivity index (χ3v) is 4.34. The van der Waals surface area contributed by atoms with Gasteiger partial charge in [0, 0.05) is 11.4 Å². The molecule has 0 aliphatic carbocycles. The molecule has 0 unspecified atom stereocenters. The van der Waals surface area contributed by atoms with Crippen LogP contribution in [0.3, 0.4) is 0 Å². The van der Waals surface area contributed by atoms with E-state index in [1.54, 1.807) is 6.92 Å². The molecule has 0 heterocycles. The van der Waals surface area contributed by atoms with Crippen molar-refractivity contribution in [1.82, 2.24) is 0 Å². The van der Waals surface area contributed by atoms with Crippen LogP contribution in [0.2, 0.25) is 0 Å². The van der Waals surface area contributed by atoms with Crippen molar-refractivity contribution in [1.29, 1.82) is 0 Å². The number of rotatable bonds is 4. The van der Waals surface area contributed by atoms with Crippen molar-refractivity contribution in [3.05, 3.63) is 53.8 Å². The van der Waals surface area contributed by atoms with Crippen LogP contribution >= 0.6 is 0 Å². The van der Waals surface area contributed by atoms with E-state index in [4.69, 9.17) is 0 Å². The van der Waals surface area contributed by atoms with Gasteiger partial charge >= 0.3 is 6.09 Å². The maximum atomic E-state index is 13.7. The highest BCUT2D eigenvalue weighted by Crippen LogP contribution is 2.21. The Balaban J connectivity index is 2.20. The highest BCUT2D eigenvalue weighted by molar-refractivity contribution is 7.92. The molecule has 2 aromatic rings. The second-order valence-electron chi connectivity index (χ2n) is 4.73. The number of sulfonamides is 1. The minimum Gasteiger partial charge on any atom is -0.453 e. The van der Waals surface area contributed by atoms with Gasteiger partial charge in [0.05, 0.1) is 7.11 Å². The zero-order valence-electron chi connectivity index (χ0n) is 12.5. The number of carbonyl (C=O) groups is 1. The lowest BCUT2D eigenvalue weighted by molar-refractivity contribution is 0.187. The van der Waals surface area contributed by atoms with Crippen LogP contribution in [0.4, 0.5) is 20.6 Å². The van der Waals surface area contributed by atoms with Gasteiger partial charge in [0.25, 0.3) is 10.0 Å². The Kier molecular flexibility index (Phi) is 4.85. The lowest BCUT2D eigenvalue weighted by Crippen LogP contribution is -2.15. The number of anilines is 2. The normalized spacial score (nSPS) is 10.9. The number of hydrogen-bond acceptors (Lipinski definition) is 4. The zero-order chi connectivity index (χ0) is 17.0. The van der Waals surface area contributed by atoms with Crippen LogP contribution in [-0.2, 0) is 14.8 Å². The molecule has 23 heavy (non-hydrogen) atoms. The van der Waals surface area contributed by atoms with Crippen LogP contribution < -0.4 is 10.0 Å². The van der Waals surface area contributed by atoms with Crippen molar-refractivity contribution in [3.63, 3.8) is 0 Å². The molecule has 0 aliphatic rings. The smallest absolute Gasteiger partial charge is 0.411 e. The summed E-state index contributed by atoms with van der Waals surface area (Å²) in [5, 5.41) is 2.43. The van der Waals surface area contributed by atoms with Crippen LogP contribution in [0.1, 0.15) is 5.56 Å². The van der Waals surface area contributed by atoms with E-state index in [-0.39, 0.29) is 5.69 Å². The molecule has 2 rings (SSSR count). The van der Waals surface area contributed by atoms with Gasteiger partial charge in [0.15, 0.2) is 0 Å². The number of nitrogens with one attached hydrogen (secondary N) is 2. The van der Waals surface area contributed by atoms with E-state index in [1.165, 1.54) is 43.5 Å². The molecule has 122 valence electrons. The summed E-state index contributed by atoms with van der Waals surface area (Å²) in [6.07, 6.45) is -0.639. The van der Waals surface area contributed by atoms with E-state index in [2.05, 4.69) is 14.8 Å². The number of halogens is 1. The quantitative estimate of drug-likeness (QED) is 0.897. The van der Waals surface area contributed by atoms with Gasteiger partial charge in [-0.05, 0) is 48.9 Å². The number of benzene rings is 2. The van der Waals surface area contributed by atoms with Crippen LogP contribution in [0.15, 0.2) is 47.4 Å². The summed E-state index contributed by atoms with van der Waals surface area (Å²) in [6.45, 7) is 1.67. The Bertz CT molecular complexity index is 820. The largest absolute Gasteiger partial charge is 0.453 e. The summed E-state index contributed by atoms with van der Waals surface area (Å²) in [5.41, 5.74) is 1.30. The Morgan fingerprint density at radius 2 is 1.70 bits per heavy atom. The standard InChI is InChI=1S/C15H15FN2O4S/c1-10-3-8-13(16)14(9-10)23(20,21)18-12-6-4-11(5-7-12)17-15(19)22-2/h3-9,18H,1-2H3,(H,17,19). The highest BCUT2D eigenvalue weighted by atomic mass is 32.2. The minimum absolute atomic E-state index is 0.237. The second-order valence-corrected chi connectivity index (χ2v) is 6.38. The monoisotopic (exact) mass is 338 g/mol. The van der Waals surface area contributed by atoms with E-state index >= 15 is 0 Å². The molecule has 0 radical (unpaired) electrons. The number of carbonyl (C=O) groups excluding carboxylic acids is 1. The zero-order valence-corrected chi connectivity index (χ0v) is 13.3. The van der Waals surface area contributed by atoms with E-state index in [9.17, 15) is 17.6 Å². The van der Waals surface area contributed by atoms with Crippen molar-refractivity contribution in [3.8, 4) is 0 Å². The molecule has 2 N–H and O–H groups in total. The lowest BCUT2D eigenvalue weighted by Gasteiger charge is -2.10. The summed E-state index contributed by atoms with van der Waals surface area (Å²) >= 11 is 0. The van der Waals surface area contributed by atoms with Crippen molar-refractivity contribution in [2.45, 2.75) is 11.8 Å². The fourth-order valence-electron chi connectivity index (χ4n) is 1.82. The van der Waals surface area contributed by atoms with Crippen molar-refractivity contribution >= 4 is 27.5 Å². The van der Waals surface area contributed by atoms with E-state index in [0.29, 0.717) is 11.3 Å². The second kappa shape index (κ2) is 6.66. The molecule has 1 amide bonds. The van der Waals surface area contributed by atoms with Gasteiger partial charge in [-0.1, -0.05) is 6.07 Å². The Morgan fingerprint density at radius 3 is 2.30 bits per heavy atom. The average Bonchev–Trinajstić information content (AvgIpc) is 2.51. The molecule has 0 atom stereocenters. The predicted octanol–water partition coefficient (Wildman–Crippen LogP) is 3.11. The van der Waals surface area contributed by atoms with Crippen LogP contribution in [0.25, 0.3) is 0 Å². The first-order valence-corrected chi connectivity index (χ1v) is 8.04. The predicted molar refractivity (Wildman–Crippen MR) is 84.4 cm³/mol. The van der Waals surface area contributed by atoms with Gasteiger partial charge in [-0.3, -0.25) is 10.0 Å². The summed E-state index contributed by atoms with van der Waals surface area (Å²) in [7, 11) is -2.81. The van der Waals surface area contributed by atoms with Gasteiger partial charge in [-0.15, -0.1) is 0 Å². The molecule has 0 spiro atoms. The molecule has 0 bridgehead atoms. The summed E-state index contributed by atoms with van der Waals surface area (Å²) in [4.78, 5) is 10.6. The van der Waals surface area contributed by atoms with Crippen LogP contribution in [-0.4, -0.2) is 21.6 Å². The highest BCUT2D eigenvalue weighted by Gasteiger charge is 2.19. The first-order chi connectivity index (χ1) is 10.8. The van der Waals surface area contributed by atoms with Crippen LogP contribution in [0, 0.1) is 12.7 Å². The molecule has 0 saturated carbocycles. The average molecular weight is 338 g/mol. The van der Waals surface area contributed by atoms with E-state index < -0.39 is 26.8 Å². The summed E-state index contributed by atoms with van der Waals surface area (Å²) in [6, 6.07) is 9.70. The molecule has 0 saturated heterocycles. The summed E-state index contributed by atoms with van der Waals surface area (Å²) in [5.74, 6) is -0.827. The first kappa shape index (κ1) is 16.8. The lowest BCUT2D eigenvalue weighted by atomic mass is 10.2. The SMILES string of the molecule is COC(=O)Nc1ccc(NS(=O)(=O)c2cc(C)ccc2F)cc1. The number of aryl methyl sites for hydroxylation is 1. The fraction of sp³-hybridized carbons (Fsp3) is 0.133. The number of methoxy groups -OCH3 is 1.